The van der Waals surface area contributed by atoms with Crippen molar-refractivity contribution < 1.29 is 0 Å². The van der Waals surface area contributed by atoms with Crippen LogP contribution in [0, 0.1) is 5.92 Å². The van der Waals surface area contributed by atoms with E-state index < -0.39 is 0 Å². The molecule has 100 valence electrons. The smallest absolute Gasteiger partial charge is 0.224 e. The highest BCUT2D eigenvalue weighted by Gasteiger charge is 2.25. The molecule has 0 amide bonds. The van der Waals surface area contributed by atoms with Gasteiger partial charge in [-0.05, 0) is 31.7 Å². The van der Waals surface area contributed by atoms with E-state index in [1.165, 1.54) is 25.7 Å². The molecule has 0 radical (unpaired) electrons. The molecule has 1 saturated carbocycles. The Morgan fingerprint density at radius 3 is 2.89 bits per heavy atom. The van der Waals surface area contributed by atoms with Gasteiger partial charge in [-0.3, -0.25) is 0 Å². The number of nitrogens with zero attached hydrogens (tertiary/aromatic N) is 3. The molecule has 1 aliphatic rings. The van der Waals surface area contributed by atoms with Crippen molar-refractivity contribution in [1.29, 1.82) is 0 Å². The molecular formula is C14H24N4. The Bertz CT molecular complexity index is 380. The first-order valence-electron chi connectivity index (χ1n) is 7.02. The minimum Gasteiger partial charge on any atom is -0.356 e. The summed E-state index contributed by atoms with van der Waals surface area (Å²) >= 11 is 0. The van der Waals surface area contributed by atoms with E-state index in [0.29, 0.717) is 6.04 Å². The molecule has 1 N–H and O–H groups in total. The Morgan fingerprint density at radius 2 is 2.17 bits per heavy atom. The van der Waals surface area contributed by atoms with Gasteiger partial charge in [0.1, 0.15) is 5.82 Å². The molecule has 2 atom stereocenters. The fourth-order valence-electron chi connectivity index (χ4n) is 2.83. The molecule has 4 nitrogen and oxygen atoms in total. The molecule has 1 aromatic rings. The first kappa shape index (κ1) is 13.1. The van der Waals surface area contributed by atoms with E-state index in [2.05, 4.69) is 41.1 Å². The molecular weight excluding hydrogens is 224 g/mol. The lowest BCUT2D eigenvalue weighted by molar-refractivity contribution is 0.320. The molecule has 1 aliphatic carbocycles. The van der Waals surface area contributed by atoms with E-state index in [1.54, 1.807) is 0 Å². The van der Waals surface area contributed by atoms with Crippen LogP contribution in [0.3, 0.4) is 0 Å². The lowest BCUT2D eigenvalue weighted by atomic mass is 9.85. The summed E-state index contributed by atoms with van der Waals surface area (Å²) in [7, 11) is 2.16. The number of anilines is 2. The summed E-state index contributed by atoms with van der Waals surface area (Å²) in [6.07, 6.45) is 7.16. The normalized spacial score (nSPS) is 23.7. The second kappa shape index (κ2) is 6.03. The van der Waals surface area contributed by atoms with Gasteiger partial charge in [0.25, 0.3) is 0 Å². The zero-order valence-corrected chi connectivity index (χ0v) is 11.7. The lowest BCUT2D eigenvalue weighted by Gasteiger charge is -2.37. The maximum atomic E-state index is 4.58. The highest BCUT2D eigenvalue weighted by molar-refractivity contribution is 5.42. The van der Waals surface area contributed by atoms with Crippen molar-refractivity contribution in [2.75, 3.05) is 23.8 Å². The van der Waals surface area contributed by atoms with Gasteiger partial charge in [0.15, 0.2) is 0 Å². The highest BCUT2D eigenvalue weighted by Crippen LogP contribution is 2.29. The van der Waals surface area contributed by atoms with Crippen LogP contribution in [0.25, 0.3) is 0 Å². The van der Waals surface area contributed by atoms with Gasteiger partial charge in [0.2, 0.25) is 5.95 Å². The Morgan fingerprint density at radius 1 is 1.39 bits per heavy atom. The third-order valence-corrected chi connectivity index (χ3v) is 3.90. The standard InChI is InChI=1S/C14H24N4/c1-4-15-14-16-10-9-13(17-14)18(3)12-8-6-5-7-11(12)2/h9-12H,4-8H2,1-3H3,(H,15,16,17). The van der Waals surface area contributed by atoms with Crippen molar-refractivity contribution >= 4 is 11.8 Å². The summed E-state index contributed by atoms with van der Waals surface area (Å²) in [5, 5.41) is 3.17. The number of aromatic nitrogens is 2. The Hall–Kier alpha value is -1.32. The van der Waals surface area contributed by atoms with E-state index in [-0.39, 0.29) is 0 Å². The highest BCUT2D eigenvalue weighted by atomic mass is 15.2. The Balaban J connectivity index is 2.11. The van der Waals surface area contributed by atoms with Gasteiger partial charge in [-0.2, -0.15) is 4.98 Å². The Labute approximate surface area is 110 Å². The first-order valence-corrected chi connectivity index (χ1v) is 7.02. The van der Waals surface area contributed by atoms with Crippen molar-refractivity contribution in [3.63, 3.8) is 0 Å². The molecule has 0 bridgehead atoms. The summed E-state index contributed by atoms with van der Waals surface area (Å²) in [5.41, 5.74) is 0. The molecule has 0 spiro atoms. The summed E-state index contributed by atoms with van der Waals surface area (Å²) in [4.78, 5) is 11.1. The summed E-state index contributed by atoms with van der Waals surface area (Å²) in [5.74, 6) is 2.51. The van der Waals surface area contributed by atoms with Gasteiger partial charge in [0, 0.05) is 25.8 Å². The van der Waals surface area contributed by atoms with E-state index >= 15 is 0 Å². The van der Waals surface area contributed by atoms with E-state index in [0.717, 1.165) is 24.2 Å². The average Bonchev–Trinajstić information content (AvgIpc) is 2.39. The number of hydrogen-bond acceptors (Lipinski definition) is 4. The molecule has 2 unspecified atom stereocenters. The van der Waals surface area contributed by atoms with Crippen molar-refractivity contribution in [3.05, 3.63) is 12.3 Å². The first-order chi connectivity index (χ1) is 8.72. The fraction of sp³-hybridized carbons (Fsp3) is 0.714. The van der Waals surface area contributed by atoms with Crippen LogP contribution in [0.1, 0.15) is 39.5 Å². The van der Waals surface area contributed by atoms with Crippen molar-refractivity contribution in [1.82, 2.24) is 9.97 Å². The maximum Gasteiger partial charge on any atom is 0.224 e. The predicted octanol–water partition coefficient (Wildman–Crippen LogP) is 2.92. The molecule has 0 aliphatic heterocycles. The summed E-state index contributed by atoms with van der Waals surface area (Å²) in [6.45, 7) is 5.27. The lowest BCUT2D eigenvalue weighted by Crippen LogP contribution is -2.39. The van der Waals surface area contributed by atoms with E-state index in [1.807, 2.05) is 12.3 Å². The number of nitrogens with one attached hydrogen (secondary N) is 1. The molecule has 1 aromatic heterocycles. The maximum absolute atomic E-state index is 4.58. The molecule has 2 rings (SSSR count). The van der Waals surface area contributed by atoms with Gasteiger partial charge in [-0.15, -0.1) is 0 Å². The van der Waals surface area contributed by atoms with Crippen molar-refractivity contribution in [2.24, 2.45) is 5.92 Å². The summed E-state index contributed by atoms with van der Waals surface area (Å²) in [6, 6.07) is 2.62. The number of hydrogen-bond donors (Lipinski definition) is 1. The van der Waals surface area contributed by atoms with Crippen LogP contribution < -0.4 is 10.2 Å². The van der Waals surface area contributed by atoms with Crippen LogP contribution in [0.5, 0.6) is 0 Å². The SMILES string of the molecule is CCNc1nccc(N(C)C2CCCCC2C)n1. The number of rotatable bonds is 4. The molecule has 0 saturated heterocycles. The topological polar surface area (TPSA) is 41.1 Å². The van der Waals surface area contributed by atoms with Gasteiger partial charge in [0.05, 0.1) is 0 Å². The van der Waals surface area contributed by atoms with Gasteiger partial charge in [-0.1, -0.05) is 19.8 Å². The predicted molar refractivity (Wildman–Crippen MR) is 76.0 cm³/mol. The minimum atomic E-state index is 0.614. The molecule has 18 heavy (non-hydrogen) atoms. The Kier molecular flexibility index (Phi) is 4.39. The van der Waals surface area contributed by atoms with E-state index in [9.17, 15) is 0 Å². The average molecular weight is 248 g/mol. The van der Waals surface area contributed by atoms with Crippen molar-refractivity contribution in [2.45, 2.75) is 45.6 Å². The van der Waals surface area contributed by atoms with Crippen LogP contribution in [-0.2, 0) is 0 Å². The largest absolute Gasteiger partial charge is 0.356 e. The van der Waals surface area contributed by atoms with Crippen LogP contribution in [-0.4, -0.2) is 29.6 Å². The van der Waals surface area contributed by atoms with Crippen LogP contribution in [0.2, 0.25) is 0 Å². The van der Waals surface area contributed by atoms with Gasteiger partial charge < -0.3 is 10.2 Å². The van der Waals surface area contributed by atoms with Crippen LogP contribution >= 0.6 is 0 Å². The zero-order valence-electron chi connectivity index (χ0n) is 11.7. The summed E-state index contributed by atoms with van der Waals surface area (Å²) < 4.78 is 0. The second-order valence-corrected chi connectivity index (χ2v) is 5.21. The molecule has 1 fully saturated rings. The minimum absolute atomic E-state index is 0.614. The van der Waals surface area contributed by atoms with Crippen molar-refractivity contribution in [3.8, 4) is 0 Å². The van der Waals surface area contributed by atoms with Crippen LogP contribution in [0.4, 0.5) is 11.8 Å². The zero-order chi connectivity index (χ0) is 13.0. The van der Waals surface area contributed by atoms with Crippen LogP contribution in [0.15, 0.2) is 12.3 Å². The second-order valence-electron chi connectivity index (χ2n) is 5.21. The third-order valence-electron chi connectivity index (χ3n) is 3.90. The van der Waals surface area contributed by atoms with E-state index in [4.69, 9.17) is 0 Å². The molecule has 0 aromatic carbocycles. The van der Waals surface area contributed by atoms with Gasteiger partial charge in [-0.25, -0.2) is 4.98 Å². The fourth-order valence-corrected chi connectivity index (χ4v) is 2.83. The molecule has 4 heteroatoms. The van der Waals surface area contributed by atoms with Gasteiger partial charge >= 0.3 is 0 Å². The molecule has 1 heterocycles. The third kappa shape index (κ3) is 2.92. The quantitative estimate of drug-likeness (QED) is 0.889. The monoisotopic (exact) mass is 248 g/mol.